The van der Waals surface area contributed by atoms with Crippen molar-refractivity contribution in [2.24, 2.45) is 0 Å². The Labute approximate surface area is 190 Å². The number of aromatic nitrogens is 1. The van der Waals surface area contributed by atoms with Crippen molar-refractivity contribution < 1.29 is 22.4 Å². The van der Waals surface area contributed by atoms with Crippen LogP contribution < -0.4 is 15.5 Å². The van der Waals surface area contributed by atoms with Crippen molar-refractivity contribution in [2.75, 3.05) is 24.3 Å². The highest BCUT2D eigenvalue weighted by atomic mass is 19.4. The van der Waals surface area contributed by atoms with Gasteiger partial charge in [-0.05, 0) is 44.7 Å². The third kappa shape index (κ3) is 5.07. The maximum atomic E-state index is 13.1. The molecule has 1 saturated carbocycles. The van der Waals surface area contributed by atoms with E-state index in [0.717, 1.165) is 41.3 Å². The number of hydrogen-bond donors (Lipinski definition) is 2. The summed E-state index contributed by atoms with van der Waals surface area (Å²) in [5.74, 6) is -1.15. The van der Waals surface area contributed by atoms with Gasteiger partial charge in [0.15, 0.2) is 0 Å². The monoisotopic (exact) mass is 460 g/mol. The highest BCUT2D eigenvalue weighted by Gasteiger charge is 2.40. The molecule has 0 aliphatic heterocycles. The molecular formula is C24H27F3N4O2. The highest BCUT2D eigenvalue weighted by Crippen LogP contribution is 2.34. The number of carbonyl (C=O) groups excluding carboxylic acids is 1. The van der Waals surface area contributed by atoms with Crippen LogP contribution in [-0.2, 0) is 6.18 Å². The van der Waals surface area contributed by atoms with E-state index in [1.807, 2.05) is 44.4 Å². The number of carbonyl (C=O) groups is 1. The lowest BCUT2D eigenvalue weighted by Crippen LogP contribution is -2.40. The molecule has 0 radical (unpaired) electrons. The lowest BCUT2D eigenvalue weighted by Gasteiger charge is -2.30. The molecule has 3 aromatic rings. The van der Waals surface area contributed by atoms with E-state index in [-0.39, 0.29) is 17.8 Å². The maximum absolute atomic E-state index is 13.1. The van der Waals surface area contributed by atoms with E-state index in [9.17, 15) is 18.0 Å². The zero-order valence-electron chi connectivity index (χ0n) is 18.8. The molecule has 33 heavy (non-hydrogen) atoms. The van der Waals surface area contributed by atoms with Gasteiger partial charge in [0, 0.05) is 43.3 Å². The average molecular weight is 461 g/mol. The Balaban J connectivity index is 1.39. The average Bonchev–Trinajstić information content (AvgIpc) is 3.17. The molecule has 0 spiro atoms. The second-order valence-corrected chi connectivity index (χ2v) is 8.70. The Kier molecular flexibility index (Phi) is 6.23. The van der Waals surface area contributed by atoms with Crippen LogP contribution in [0.1, 0.15) is 47.6 Å². The number of fused-ring (bicyclic) bond motifs is 1. The first-order chi connectivity index (χ1) is 15.6. The molecule has 1 amide bonds. The van der Waals surface area contributed by atoms with Gasteiger partial charge in [0.25, 0.3) is 5.91 Å². The van der Waals surface area contributed by atoms with E-state index in [0.29, 0.717) is 12.8 Å². The SMILES string of the molecule is Cc1cc(C(=O)NC2CCC(Nc3cc(N(C)C)c4ccccc4n3)CC2)c(C(F)(F)F)o1. The lowest BCUT2D eigenvalue weighted by atomic mass is 9.91. The molecule has 1 aliphatic carbocycles. The number of pyridine rings is 1. The van der Waals surface area contributed by atoms with Gasteiger partial charge < -0.3 is 20.0 Å². The van der Waals surface area contributed by atoms with Crippen LogP contribution >= 0.6 is 0 Å². The van der Waals surface area contributed by atoms with E-state index in [4.69, 9.17) is 9.40 Å². The quantitative estimate of drug-likeness (QED) is 0.535. The van der Waals surface area contributed by atoms with Gasteiger partial charge >= 0.3 is 6.18 Å². The van der Waals surface area contributed by atoms with Gasteiger partial charge in [-0.3, -0.25) is 4.79 Å². The molecule has 0 saturated heterocycles. The molecule has 6 nitrogen and oxygen atoms in total. The Bertz CT molecular complexity index is 1150. The number of nitrogens with zero attached hydrogens (tertiary/aromatic N) is 2. The summed E-state index contributed by atoms with van der Waals surface area (Å²) in [6, 6.07) is 11.1. The highest BCUT2D eigenvalue weighted by molar-refractivity contribution is 5.96. The molecule has 1 aromatic carbocycles. The van der Waals surface area contributed by atoms with Crippen LogP contribution in [0.3, 0.4) is 0 Å². The standard InChI is InChI=1S/C24H27F3N4O2/c1-14-12-18(22(33-14)24(25,26)27)23(32)29-16-10-8-15(9-11-16)28-21-13-20(31(2)3)17-6-4-5-7-19(17)30-21/h4-7,12-13,15-16H,8-11H2,1-3H3,(H,28,30)(H,29,32). The minimum atomic E-state index is -4.71. The van der Waals surface area contributed by atoms with Crippen molar-refractivity contribution in [3.63, 3.8) is 0 Å². The van der Waals surface area contributed by atoms with Crippen molar-refractivity contribution in [2.45, 2.75) is 50.9 Å². The molecule has 4 rings (SSSR count). The topological polar surface area (TPSA) is 70.4 Å². The van der Waals surface area contributed by atoms with E-state index >= 15 is 0 Å². The molecule has 2 aromatic heterocycles. The predicted molar refractivity (Wildman–Crippen MR) is 122 cm³/mol. The van der Waals surface area contributed by atoms with Gasteiger partial charge in [-0.1, -0.05) is 18.2 Å². The number of rotatable bonds is 5. The fourth-order valence-electron chi connectivity index (χ4n) is 4.35. The van der Waals surface area contributed by atoms with Crippen LogP contribution in [0.4, 0.5) is 24.7 Å². The summed E-state index contributed by atoms with van der Waals surface area (Å²) >= 11 is 0. The lowest BCUT2D eigenvalue weighted by molar-refractivity contribution is -0.153. The van der Waals surface area contributed by atoms with Crippen molar-refractivity contribution in [1.29, 1.82) is 0 Å². The summed E-state index contributed by atoms with van der Waals surface area (Å²) in [7, 11) is 3.98. The molecule has 9 heteroatoms. The molecule has 1 fully saturated rings. The zero-order valence-corrected chi connectivity index (χ0v) is 18.8. The van der Waals surface area contributed by atoms with Crippen LogP contribution in [0.25, 0.3) is 10.9 Å². The van der Waals surface area contributed by atoms with E-state index in [2.05, 4.69) is 15.5 Å². The van der Waals surface area contributed by atoms with Gasteiger partial charge in [-0.15, -0.1) is 0 Å². The zero-order chi connectivity index (χ0) is 23.8. The first-order valence-electron chi connectivity index (χ1n) is 10.9. The Morgan fingerprint density at radius 2 is 1.76 bits per heavy atom. The van der Waals surface area contributed by atoms with Gasteiger partial charge in [-0.25, -0.2) is 4.98 Å². The number of anilines is 2. The van der Waals surface area contributed by atoms with E-state index < -0.39 is 23.4 Å². The van der Waals surface area contributed by atoms with Crippen LogP contribution in [0.2, 0.25) is 0 Å². The number of para-hydroxylation sites is 1. The largest absolute Gasteiger partial charge is 0.456 e. The number of amides is 1. The number of benzene rings is 1. The fraction of sp³-hybridized carbons (Fsp3) is 0.417. The Hall–Kier alpha value is -3.23. The van der Waals surface area contributed by atoms with Crippen LogP contribution in [0.15, 0.2) is 40.8 Å². The summed E-state index contributed by atoms with van der Waals surface area (Å²) in [6.45, 7) is 1.39. The minimum absolute atomic E-state index is 0.0559. The number of furan rings is 1. The number of alkyl halides is 3. The fourth-order valence-corrected chi connectivity index (χ4v) is 4.35. The molecule has 0 atom stereocenters. The molecule has 2 heterocycles. The van der Waals surface area contributed by atoms with Gasteiger partial charge in [0.05, 0.1) is 11.1 Å². The third-order valence-corrected chi connectivity index (χ3v) is 5.95. The molecular weight excluding hydrogens is 433 g/mol. The smallest absolute Gasteiger partial charge is 0.450 e. The van der Waals surface area contributed by atoms with Crippen molar-refractivity contribution in [1.82, 2.24) is 10.3 Å². The van der Waals surface area contributed by atoms with Crippen molar-refractivity contribution in [3.05, 3.63) is 53.5 Å². The minimum Gasteiger partial charge on any atom is -0.456 e. The number of hydrogen-bond acceptors (Lipinski definition) is 5. The first kappa shape index (κ1) is 22.9. The normalized spacial score (nSPS) is 18.8. The van der Waals surface area contributed by atoms with Gasteiger partial charge in [0.2, 0.25) is 5.76 Å². The third-order valence-electron chi connectivity index (χ3n) is 5.95. The Morgan fingerprint density at radius 1 is 1.09 bits per heavy atom. The van der Waals surface area contributed by atoms with Crippen LogP contribution in [0, 0.1) is 6.92 Å². The van der Waals surface area contributed by atoms with Crippen LogP contribution in [0.5, 0.6) is 0 Å². The molecule has 176 valence electrons. The second-order valence-electron chi connectivity index (χ2n) is 8.70. The second kappa shape index (κ2) is 8.96. The number of aryl methyl sites for hydroxylation is 1. The summed E-state index contributed by atoms with van der Waals surface area (Å²) in [6.07, 6.45) is -1.84. The molecule has 2 N–H and O–H groups in total. The molecule has 1 aliphatic rings. The van der Waals surface area contributed by atoms with Gasteiger partial charge in [-0.2, -0.15) is 13.2 Å². The summed E-state index contributed by atoms with van der Waals surface area (Å²) in [5, 5.41) is 7.31. The summed E-state index contributed by atoms with van der Waals surface area (Å²) in [5.41, 5.74) is 1.51. The maximum Gasteiger partial charge on any atom is 0.450 e. The predicted octanol–water partition coefficient (Wildman–Crippen LogP) is 5.37. The van der Waals surface area contributed by atoms with Crippen molar-refractivity contribution >= 4 is 28.3 Å². The summed E-state index contributed by atoms with van der Waals surface area (Å²) in [4.78, 5) is 19.3. The van der Waals surface area contributed by atoms with E-state index in [1.54, 1.807) is 0 Å². The van der Waals surface area contributed by atoms with E-state index in [1.165, 1.54) is 6.92 Å². The van der Waals surface area contributed by atoms with Crippen molar-refractivity contribution in [3.8, 4) is 0 Å². The number of nitrogens with one attached hydrogen (secondary N) is 2. The first-order valence-corrected chi connectivity index (χ1v) is 10.9. The van der Waals surface area contributed by atoms with Gasteiger partial charge in [0.1, 0.15) is 11.6 Å². The Morgan fingerprint density at radius 3 is 2.42 bits per heavy atom. The number of halogens is 3. The molecule has 0 unspecified atom stereocenters. The summed E-state index contributed by atoms with van der Waals surface area (Å²) < 4.78 is 44.2. The molecule has 0 bridgehead atoms. The van der Waals surface area contributed by atoms with Crippen LogP contribution in [-0.4, -0.2) is 37.1 Å².